The minimum atomic E-state index is -1.98. The fourth-order valence-corrected chi connectivity index (χ4v) is 1.73. The number of carbonyl (C=O) groups is 2. The van der Waals surface area contributed by atoms with Crippen molar-refractivity contribution >= 4 is 11.8 Å². The SMILES string of the molecule is CCC(C)CNC(=O)[C@@H](O)[C@@H](O)[C@H](O)[C@@H](O)C(=O)NCC(C)CC. The van der Waals surface area contributed by atoms with Gasteiger partial charge in [0.05, 0.1) is 0 Å². The Balaban J connectivity index is 4.52. The van der Waals surface area contributed by atoms with Gasteiger partial charge < -0.3 is 31.1 Å². The molecule has 2 amide bonds. The van der Waals surface area contributed by atoms with Gasteiger partial charge in [0, 0.05) is 13.1 Å². The molecule has 6 atom stereocenters. The van der Waals surface area contributed by atoms with E-state index in [-0.39, 0.29) is 11.8 Å². The molecule has 0 aromatic carbocycles. The highest BCUT2D eigenvalue weighted by Crippen LogP contribution is 2.07. The van der Waals surface area contributed by atoms with Crippen LogP contribution in [0.1, 0.15) is 40.5 Å². The summed E-state index contributed by atoms with van der Waals surface area (Å²) >= 11 is 0. The molecule has 0 bridgehead atoms. The number of rotatable bonds is 11. The van der Waals surface area contributed by atoms with Crippen molar-refractivity contribution in [3.8, 4) is 0 Å². The van der Waals surface area contributed by atoms with Crippen molar-refractivity contribution in [2.24, 2.45) is 11.8 Å². The van der Waals surface area contributed by atoms with Crippen molar-refractivity contribution in [3.63, 3.8) is 0 Å². The third-order valence-corrected chi connectivity index (χ3v) is 4.18. The van der Waals surface area contributed by atoms with Crippen LogP contribution in [0.25, 0.3) is 0 Å². The van der Waals surface area contributed by atoms with E-state index in [4.69, 9.17) is 0 Å². The highest BCUT2D eigenvalue weighted by molar-refractivity contribution is 5.83. The summed E-state index contributed by atoms with van der Waals surface area (Å²) in [7, 11) is 0. The van der Waals surface area contributed by atoms with Gasteiger partial charge in [0.15, 0.2) is 12.2 Å². The first kappa shape index (κ1) is 22.8. The fraction of sp³-hybridized carbons (Fsp3) is 0.875. The van der Waals surface area contributed by atoms with Crippen molar-refractivity contribution in [1.29, 1.82) is 0 Å². The highest BCUT2D eigenvalue weighted by atomic mass is 16.4. The Morgan fingerprint density at radius 2 is 1.04 bits per heavy atom. The van der Waals surface area contributed by atoms with Crippen LogP contribution in [0.2, 0.25) is 0 Å². The van der Waals surface area contributed by atoms with Crippen LogP contribution in [0.5, 0.6) is 0 Å². The third kappa shape index (κ3) is 7.57. The van der Waals surface area contributed by atoms with Gasteiger partial charge in [-0.05, 0) is 11.8 Å². The van der Waals surface area contributed by atoms with Crippen molar-refractivity contribution in [3.05, 3.63) is 0 Å². The molecule has 0 saturated heterocycles. The molecule has 0 aromatic rings. The summed E-state index contributed by atoms with van der Waals surface area (Å²) in [6.07, 6.45) is -6.19. The molecule has 0 aliphatic heterocycles. The lowest BCUT2D eigenvalue weighted by molar-refractivity contribution is -0.155. The van der Waals surface area contributed by atoms with Gasteiger partial charge in [-0.15, -0.1) is 0 Å². The van der Waals surface area contributed by atoms with Crippen LogP contribution in [0, 0.1) is 11.8 Å². The monoisotopic (exact) mass is 348 g/mol. The van der Waals surface area contributed by atoms with Gasteiger partial charge in [0.1, 0.15) is 12.2 Å². The topological polar surface area (TPSA) is 139 Å². The van der Waals surface area contributed by atoms with Crippen molar-refractivity contribution in [2.75, 3.05) is 13.1 Å². The smallest absolute Gasteiger partial charge is 0.251 e. The second-order valence-corrected chi connectivity index (χ2v) is 6.39. The lowest BCUT2D eigenvalue weighted by Gasteiger charge is -2.26. The van der Waals surface area contributed by atoms with Gasteiger partial charge in [-0.2, -0.15) is 0 Å². The van der Waals surface area contributed by atoms with Crippen LogP contribution in [-0.4, -0.2) is 69.7 Å². The number of aliphatic hydroxyl groups is 4. The predicted molar refractivity (Wildman–Crippen MR) is 89.0 cm³/mol. The Hall–Kier alpha value is -1.22. The Morgan fingerprint density at radius 1 is 0.750 bits per heavy atom. The van der Waals surface area contributed by atoms with Crippen LogP contribution >= 0.6 is 0 Å². The summed E-state index contributed by atoms with van der Waals surface area (Å²) in [6.45, 7) is 8.33. The molecule has 0 radical (unpaired) electrons. The van der Waals surface area contributed by atoms with Crippen molar-refractivity contribution in [1.82, 2.24) is 10.6 Å². The quantitative estimate of drug-likeness (QED) is 0.276. The molecule has 2 unspecified atom stereocenters. The van der Waals surface area contributed by atoms with Gasteiger partial charge in [-0.25, -0.2) is 0 Å². The normalized spacial score (nSPS) is 18.8. The predicted octanol–water partition coefficient (Wildman–Crippen LogP) is -1.25. The first-order chi connectivity index (χ1) is 11.1. The van der Waals surface area contributed by atoms with E-state index in [1.807, 2.05) is 27.7 Å². The van der Waals surface area contributed by atoms with E-state index < -0.39 is 36.2 Å². The molecule has 24 heavy (non-hydrogen) atoms. The molecule has 0 heterocycles. The molecule has 142 valence electrons. The summed E-state index contributed by atoms with van der Waals surface area (Å²) in [5.74, 6) is -1.34. The summed E-state index contributed by atoms with van der Waals surface area (Å²) in [4.78, 5) is 23.5. The van der Waals surface area contributed by atoms with Crippen LogP contribution in [0.4, 0.5) is 0 Å². The molecule has 0 aromatic heterocycles. The molecular formula is C16H32N2O6. The summed E-state index contributed by atoms with van der Waals surface area (Å²) < 4.78 is 0. The van der Waals surface area contributed by atoms with E-state index in [1.54, 1.807) is 0 Å². The molecule has 8 heteroatoms. The zero-order valence-electron chi connectivity index (χ0n) is 14.9. The number of amides is 2. The van der Waals surface area contributed by atoms with Gasteiger partial charge >= 0.3 is 0 Å². The molecule has 0 spiro atoms. The molecule has 0 aliphatic rings. The molecule has 8 nitrogen and oxygen atoms in total. The van der Waals surface area contributed by atoms with Gasteiger partial charge in [-0.3, -0.25) is 9.59 Å². The largest absolute Gasteiger partial charge is 0.387 e. The van der Waals surface area contributed by atoms with E-state index >= 15 is 0 Å². The molecule has 0 rings (SSSR count). The zero-order chi connectivity index (χ0) is 18.9. The number of aliphatic hydroxyl groups excluding tert-OH is 4. The lowest BCUT2D eigenvalue weighted by atomic mass is 10.0. The minimum Gasteiger partial charge on any atom is -0.387 e. The van der Waals surface area contributed by atoms with Crippen molar-refractivity contribution < 1.29 is 30.0 Å². The van der Waals surface area contributed by atoms with E-state index in [0.29, 0.717) is 13.1 Å². The Bertz CT molecular complexity index is 357. The fourth-order valence-electron chi connectivity index (χ4n) is 1.73. The standard InChI is InChI=1S/C16H32N2O6/c1-5-9(3)7-17-15(23)13(21)11(19)12(20)14(22)16(24)18-8-10(4)6-2/h9-14,19-22H,5-8H2,1-4H3,(H,17,23)(H,18,24)/t9?,10?,11-,12-,13-,14+/m0/s1. The first-order valence-electron chi connectivity index (χ1n) is 8.43. The average Bonchev–Trinajstić information content (AvgIpc) is 2.60. The maximum absolute atomic E-state index is 11.7. The van der Waals surface area contributed by atoms with Crippen LogP contribution in [-0.2, 0) is 9.59 Å². The van der Waals surface area contributed by atoms with E-state index in [2.05, 4.69) is 10.6 Å². The van der Waals surface area contributed by atoms with Crippen LogP contribution in [0.3, 0.4) is 0 Å². The Morgan fingerprint density at radius 3 is 1.29 bits per heavy atom. The first-order valence-corrected chi connectivity index (χ1v) is 8.43. The van der Waals surface area contributed by atoms with Gasteiger partial charge in [0.25, 0.3) is 11.8 Å². The van der Waals surface area contributed by atoms with Crippen LogP contribution < -0.4 is 10.6 Å². The molecular weight excluding hydrogens is 316 g/mol. The maximum atomic E-state index is 11.7. The zero-order valence-corrected chi connectivity index (χ0v) is 14.9. The summed E-state index contributed by atoms with van der Waals surface area (Å²) in [5.41, 5.74) is 0. The highest BCUT2D eigenvalue weighted by Gasteiger charge is 2.37. The van der Waals surface area contributed by atoms with E-state index in [0.717, 1.165) is 12.8 Å². The number of nitrogens with one attached hydrogen (secondary N) is 2. The second kappa shape index (κ2) is 11.4. The third-order valence-electron chi connectivity index (χ3n) is 4.18. The summed E-state index contributed by atoms with van der Waals surface area (Å²) in [5, 5.41) is 44.1. The summed E-state index contributed by atoms with van der Waals surface area (Å²) in [6, 6.07) is 0. The number of hydrogen-bond acceptors (Lipinski definition) is 6. The minimum absolute atomic E-state index is 0.195. The van der Waals surface area contributed by atoms with E-state index in [1.165, 1.54) is 0 Å². The molecule has 6 N–H and O–H groups in total. The van der Waals surface area contributed by atoms with Gasteiger partial charge in [0.2, 0.25) is 0 Å². The molecule has 0 saturated carbocycles. The maximum Gasteiger partial charge on any atom is 0.251 e. The average molecular weight is 348 g/mol. The second-order valence-electron chi connectivity index (χ2n) is 6.39. The lowest BCUT2D eigenvalue weighted by Crippen LogP contribution is -2.55. The van der Waals surface area contributed by atoms with Gasteiger partial charge in [-0.1, -0.05) is 40.5 Å². The van der Waals surface area contributed by atoms with Crippen molar-refractivity contribution in [2.45, 2.75) is 65.0 Å². The number of hydrogen-bond donors (Lipinski definition) is 6. The molecule has 0 fully saturated rings. The Kier molecular flexibility index (Phi) is 10.8. The van der Waals surface area contributed by atoms with Crippen LogP contribution in [0.15, 0.2) is 0 Å². The number of carbonyl (C=O) groups excluding carboxylic acids is 2. The Labute approximate surface area is 143 Å². The molecule has 0 aliphatic carbocycles. The van der Waals surface area contributed by atoms with E-state index in [9.17, 15) is 30.0 Å².